The van der Waals surface area contributed by atoms with Crippen LogP contribution in [-0.4, -0.2) is 22.9 Å². The largest absolute Gasteiger partial charge is 0.334 e. The normalized spacial score (nSPS) is 15.8. The van der Waals surface area contributed by atoms with Gasteiger partial charge in [0.05, 0.1) is 0 Å². The van der Waals surface area contributed by atoms with E-state index in [9.17, 15) is 4.79 Å². The van der Waals surface area contributed by atoms with Gasteiger partial charge >= 0.3 is 0 Å². The lowest BCUT2D eigenvalue weighted by Crippen LogP contribution is -2.46. The van der Waals surface area contributed by atoms with Gasteiger partial charge in [-0.1, -0.05) is 44.1 Å². The maximum absolute atomic E-state index is 12.3. The van der Waals surface area contributed by atoms with Crippen molar-refractivity contribution in [1.82, 2.24) is 4.90 Å². The van der Waals surface area contributed by atoms with Gasteiger partial charge in [0, 0.05) is 18.0 Å². The van der Waals surface area contributed by atoms with Crippen molar-refractivity contribution in [2.45, 2.75) is 84.6 Å². The van der Waals surface area contributed by atoms with E-state index in [0.717, 1.165) is 32.2 Å². The second kappa shape index (κ2) is 9.86. The average Bonchev–Trinajstić information content (AvgIpc) is 3.27. The predicted molar refractivity (Wildman–Crippen MR) is 95.8 cm³/mol. The first-order valence-corrected chi connectivity index (χ1v) is 9.08. The molecule has 126 valence electrons. The maximum atomic E-state index is 12.3. The van der Waals surface area contributed by atoms with Crippen molar-refractivity contribution in [3.63, 3.8) is 0 Å². The van der Waals surface area contributed by atoms with E-state index in [1.807, 2.05) is 4.90 Å². The van der Waals surface area contributed by atoms with E-state index in [4.69, 9.17) is 0 Å². The predicted octanol–water partition coefficient (Wildman–Crippen LogP) is 5.50. The topological polar surface area (TPSA) is 20.3 Å². The van der Waals surface area contributed by atoms with Crippen molar-refractivity contribution in [3.05, 3.63) is 24.3 Å². The zero-order valence-corrected chi connectivity index (χ0v) is 15.1. The Morgan fingerprint density at radius 2 is 1.59 bits per heavy atom. The summed E-state index contributed by atoms with van der Waals surface area (Å²) < 4.78 is 0. The first-order chi connectivity index (χ1) is 10.5. The van der Waals surface area contributed by atoms with Crippen molar-refractivity contribution in [2.75, 3.05) is 6.54 Å². The summed E-state index contributed by atoms with van der Waals surface area (Å²) in [4.78, 5) is 14.4. The third-order valence-corrected chi connectivity index (χ3v) is 4.10. The van der Waals surface area contributed by atoms with Gasteiger partial charge in [-0.05, 0) is 59.3 Å². The van der Waals surface area contributed by atoms with Crippen LogP contribution in [-0.2, 0) is 4.79 Å². The Kier molecular flexibility index (Phi) is 8.52. The van der Waals surface area contributed by atoms with Crippen molar-refractivity contribution < 1.29 is 4.79 Å². The van der Waals surface area contributed by atoms with Gasteiger partial charge in [0.25, 0.3) is 0 Å². The summed E-state index contributed by atoms with van der Waals surface area (Å²) in [7, 11) is 0. The van der Waals surface area contributed by atoms with Gasteiger partial charge in [-0.3, -0.25) is 4.79 Å². The summed E-state index contributed by atoms with van der Waals surface area (Å²) in [6.07, 6.45) is 18.5. The minimum atomic E-state index is -0.0802. The molecule has 2 nitrogen and oxygen atoms in total. The molecule has 0 aromatic carbocycles. The molecule has 0 bridgehead atoms. The highest BCUT2D eigenvalue weighted by atomic mass is 16.2. The number of carbonyl (C=O) groups excluding carboxylic acids is 1. The molecule has 2 heteroatoms. The highest BCUT2D eigenvalue weighted by Gasteiger charge is 2.36. The Labute approximate surface area is 137 Å². The smallest absolute Gasteiger partial charge is 0.226 e. The van der Waals surface area contributed by atoms with Crippen LogP contribution >= 0.6 is 0 Å². The highest BCUT2D eigenvalue weighted by molar-refractivity contribution is 5.81. The Morgan fingerprint density at radius 3 is 2.14 bits per heavy atom. The average molecular weight is 306 g/mol. The summed E-state index contributed by atoms with van der Waals surface area (Å²) >= 11 is 0. The van der Waals surface area contributed by atoms with Gasteiger partial charge in [0.15, 0.2) is 0 Å². The number of nitrogens with zero attached hydrogens (tertiary/aromatic N) is 1. The molecule has 0 saturated heterocycles. The molecule has 0 spiro atoms. The van der Waals surface area contributed by atoms with Crippen LogP contribution in [0.5, 0.6) is 0 Å². The fourth-order valence-electron chi connectivity index (χ4n) is 2.48. The molecular weight excluding hydrogens is 270 g/mol. The van der Waals surface area contributed by atoms with E-state index < -0.39 is 0 Å². The fraction of sp³-hybridized carbons (Fsp3) is 0.750. The first-order valence-electron chi connectivity index (χ1n) is 9.08. The second-order valence-corrected chi connectivity index (χ2v) is 7.41. The van der Waals surface area contributed by atoms with Gasteiger partial charge in [0.1, 0.15) is 0 Å². The summed E-state index contributed by atoms with van der Waals surface area (Å²) in [5.74, 6) is 0.645. The molecule has 0 atom stereocenters. The Morgan fingerprint density at radius 1 is 1.00 bits per heavy atom. The molecule has 1 aliphatic carbocycles. The second-order valence-electron chi connectivity index (χ2n) is 7.41. The quantitative estimate of drug-likeness (QED) is 0.385. The lowest BCUT2D eigenvalue weighted by Gasteiger charge is -2.35. The number of allylic oxidation sites excluding steroid dienone is 3. The van der Waals surface area contributed by atoms with E-state index in [1.54, 1.807) is 0 Å². The molecule has 0 radical (unpaired) electrons. The lowest BCUT2D eigenvalue weighted by atomic mass is 10.0. The van der Waals surface area contributed by atoms with Crippen LogP contribution in [0.3, 0.4) is 0 Å². The van der Waals surface area contributed by atoms with Gasteiger partial charge in [-0.15, -0.1) is 0 Å². The van der Waals surface area contributed by atoms with E-state index in [0.29, 0.717) is 11.8 Å². The summed E-state index contributed by atoms with van der Waals surface area (Å²) in [6.45, 7) is 9.36. The zero-order chi connectivity index (χ0) is 16.4. The highest BCUT2D eigenvalue weighted by Crippen LogP contribution is 2.33. The first kappa shape index (κ1) is 19.0. The van der Waals surface area contributed by atoms with Crippen LogP contribution < -0.4 is 0 Å². The molecule has 0 aliphatic heterocycles. The van der Waals surface area contributed by atoms with Crippen molar-refractivity contribution in [3.8, 4) is 0 Å². The van der Waals surface area contributed by atoms with Crippen LogP contribution in [0.1, 0.15) is 79.1 Å². The Hall–Kier alpha value is -1.05. The van der Waals surface area contributed by atoms with Gasteiger partial charge in [-0.25, -0.2) is 0 Å². The van der Waals surface area contributed by atoms with Gasteiger partial charge in [-0.2, -0.15) is 0 Å². The van der Waals surface area contributed by atoms with Crippen LogP contribution in [0, 0.1) is 5.92 Å². The monoisotopic (exact) mass is 305 g/mol. The number of hydrogen-bond donors (Lipinski definition) is 0. The fourth-order valence-corrected chi connectivity index (χ4v) is 2.48. The third-order valence-electron chi connectivity index (χ3n) is 4.10. The molecule has 0 N–H and O–H groups in total. The molecule has 0 unspecified atom stereocenters. The van der Waals surface area contributed by atoms with Crippen molar-refractivity contribution in [1.29, 1.82) is 0 Å². The molecule has 0 aromatic rings. The molecule has 1 aliphatic rings. The van der Waals surface area contributed by atoms with Gasteiger partial charge < -0.3 is 4.90 Å². The Balaban J connectivity index is 2.22. The number of carbonyl (C=O) groups is 1. The molecule has 1 rings (SSSR count). The third kappa shape index (κ3) is 7.82. The number of hydrogen-bond acceptors (Lipinski definition) is 1. The van der Waals surface area contributed by atoms with Crippen LogP contribution in [0.2, 0.25) is 0 Å². The molecule has 0 heterocycles. The molecule has 1 fully saturated rings. The van der Waals surface area contributed by atoms with E-state index in [2.05, 4.69) is 52.0 Å². The van der Waals surface area contributed by atoms with Crippen molar-refractivity contribution >= 4 is 5.91 Å². The van der Waals surface area contributed by atoms with Crippen LogP contribution in [0.25, 0.3) is 0 Å². The SMILES string of the molecule is CCCCCC=CCCC=CCN(C(=O)C1CC1)C(C)(C)C. The minimum absolute atomic E-state index is 0.0802. The maximum Gasteiger partial charge on any atom is 0.226 e. The van der Waals surface area contributed by atoms with Gasteiger partial charge in [0.2, 0.25) is 5.91 Å². The van der Waals surface area contributed by atoms with E-state index in [-0.39, 0.29) is 5.54 Å². The number of unbranched alkanes of at least 4 members (excludes halogenated alkanes) is 4. The molecular formula is C20H35NO. The van der Waals surface area contributed by atoms with Crippen LogP contribution in [0.4, 0.5) is 0 Å². The Bertz CT molecular complexity index is 372. The van der Waals surface area contributed by atoms with E-state index in [1.165, 1.54) is 25.7 Å². The number of amides is 1. The van der Waals surface area contributed by atoms with Crippen molar-refractivity contribution in [2.24, 2.45) is 5.92 Å². The molecule has 1 amide bonds. The number of rotatable bonds is 10. The lowest BCUT2D eigenvalue weighted by molar-refractivity contribution is -0.136. The molecule has 22 heavy (non-hydrogen) atoms. The summed E-state index contributed by atoms with van der Waals surface area (Å²) in [5.41, 5.74) is -0.0802. The summed E-state index contributed by atoms with van der Waals surface area (Å²) in [6, 6.07) is 0. The van der Waals surface area contributed by atoms with E-state index >= 15 is 0 Å². The minimum Gasteiger partial charge on any atom is -0.334 e. The standard InChI is InChI=1S/C20H35NO/c1-5-6-7-8-9-10-11-12-13-14-17-21(20(2,3)4)19(22)18-15-16-18/h9-10,13-14,18H,5-8,11-12,15-17H2,1-4H3. The van der Waals surface area contributed by atoms with Crippen LogP contribution in [0.15, 0.2) is 24.3 Å². The molecule has 0 aromatic heterocycles. The zero-order valence-electron chi connectivity index (χ0n) is 15.1. The summed E-state index contributed by atoms with van der Waals surface area (Å²) in [5, 5.41) is 0. The molecule has 1 saturated carbocycles.